The van der Waals surface area contributed by atoms with Crippen molar-refractivity contribution in [3.63, 3.8) is 0 Å². The molecule has 2 aromatic rings. The van der Waals surface area contributed by atoms with Crippen LogP contribution in [0.3, 0.4) is 0 Å². The molecule has 4 heteroatoms. The van der Waals surface area contributed by atoms with Crippen molar-refractivity contribution in [2.45, 2.75) is 0 Å². The van der Waals surface area contributed by atoms with Crippen molar-refractivity contribution >= 4 is 0 Å². The van der Waals surface area contributed by atoms with Crippen molar-refractivity contribution in [2.75, 3.05) is 7.11 Å². The Labute approximate surface area is 85.3 Å². The minimum Gasteiger partial charge on any atom is -0.333 e. The van der Waals surface area contributed by atoms with E-state index in [9.17, 15) is 9.59 Å². The lowest BCUT2D eigenvalue weighted by molar-refractivity contribution is -0.179. The summed E-state index contributed by atoms with van der Waals surface area (Å²) in [4.78, 5) is 31.4. The zero-order chi connectivity index (χ0) is 10.8. The Morgan fingerprint density at radius 3 is 2.27 bits per heavy atom. The van der Waals surface area contributed by atoms with E-state index in [-0.39, 0.29) is 11.3 Å². The molecule has 0 atom stereocenters. The third-order valence-electron chi connectivity index (χ3n) is 2.10. The van der Waals surface area contributed by atoms with Crippen LogP contribution in [0.1, 0.15) is 0 Å². The van der Waals surface area contributed by atoms with E-state index in [0.717, 1.165) is 0 Å². The van der Waals surface area contributed by atoms with Crippen LogP contribution < -0.4 is 15.7 Å². The second-order valence-electron chi connectivity index (χ2n) is 2.98. The highest BCUT2D eigenvalue weighted by molar-refractivity contribution is 5.73. The van der Waals surface area contributed by atoms with Gasteiger partial charge in [0.1, 0.15) is 0 Å². The quantitative estimate of drug-likeness (QED) is 0.423. The molecule has 0 radical (unpaired) electrons. The lowest BCUT2D eigenvalue weighted by Crippen LogP contribution is -2.34. The first-order valence-corrected chi connectivity index (χ1v) is 4.35. The zero-order valence-corrected chi connectivity index (χ0v) is 8.02. The van der Waals surface area contributed by atoms with Gasteiger partial charge in [-0.3, -0.25) is 9.59 Å². The monoisotopic (exact) mass is 204 g/mol. The van der Waals surface area contributed by atoms with Gasteiger partial charge in [0.05, 0.1) is 12.7 Å². The van der Waals surface area contributed by atoms with E-state index >= 15 is 0 Å². The highest BCUT2D eigenvalue weighted by Gasteiger charge is 2.24. The second kappa shape index (κ2) is 3.67. The fourth-order valence-electron chi connectivity index (χ4n) is 1.40. The molecule has 0 aliphatic carbocycles. The van der Waals surface area contributed by atoms with E-state index in [1.807, 2.05) is 6.07 Å². The fraction of sp³-hybridized carbons (Fsp3) is 0.0909. The normalized spacial score (nSPS) is 10.5. The number of hydrogen-bond acceptors (Lipinski definition) is 4. The van der Waals surface area contributed by atoms with Gasteiger partial charge in [-0.2, -0.15) is 4.89 Å². The lowest BCUT2D eigenvalue weighted by Gasteiger charge is -2.08. The molecule has 2 rings (SSSR count). The first-order valence-electron chi connectivity index (χ1n) is 4.35. The van der Waals surface area contributed by atoms with Gasteiger partial charge in [-0.05, 0) is 5.56 Å². The summed E-state index contributed by atoms with van der Waals surface area (Å²) in [5, 5.41) is 0. The van der Waals surface area contributed by atoms with Crippen LogP contribution in [0.5, 0.6) is 5.75 Å². The van der Waals surface area contributed by atoms with Gasteiger partial charge in [-0.25, -0.2) is 0 Å². The fourth-order valence-corrected chi connectivity index (χ4v) is 1.40. The standard InChI is InChI=1S/C11H8O4/c1-14-15-11-8(9(12)10(11)13)7-5-3-2-4-6-7/h2-6H,1H3. The van der Waals surface area contributed by atoms with Gasteiger partial charge in [0.25, 0.3) is 5.43 Å². The predicted molar refractivity (Wildman–Crippen MR) is 54.4 cm³/mol. The molecule has 0 heterocycles. The van der Waals surface area contributed by atoms with Crippen LogP contribution in [0, 0.1) is 0 Å². The van der Waals surface area contributed by atoms with E-state index in [1.165, 1.54) is 7.11 Å². The highest BCUT2D eigenvalue weighted by Crippen LogP contribution is 2.24. The molecule has 0 fully saturated rings. The van der Waals surface area contributed by atoms with Gasteiger partial charge >= 0.3 is 0 Å². The summed E-state index contributed by atoms with van der Waals surface area (Å²) in [5.41, 5.74) is -0.236. The van der Waals surface area contributed by atoms with Gasteiger partial charge < -0.3 is 4.89 Å². The molecule has 0 spiro atoms. The molecule has 0 bridgehead atoms. The smallest absolute Gasteiger partial charge is 0.273 e. The van der Waals surface area contributed by atoms with Crippen molar-refractivity contribution in [2.24, 2.45) is 0 Å². The Morgan fingerprint density at radius 2 is 1.67 bits per heavy atom. The van der Waals surface area contributed by atoms with Crippen molar-refractivity contribution in [3.05, 3.63) is 50.8 Å². The van der Waals surface area contributed by atoms with Crippen LogP contribution in [-0.4, -0.2) is 7.11 Å². The molecule has 0 unspecified atom stereocenters. The summed E-state index contributed by atoms with van der Waals surface area (Å²) in [5.74, 6) is -0.0197. The predicted octanol–water partition coefficient (Wildman–Crippen LogP) is 0.890. The van der Waals surface area contributed by atoms with E-state index in [2.05, 4.69) is 9.78 Å². The maximum Gasteiger partial charge on any atom is 0.273 e. The van der Waals surface area contributed by atoms with Gasteiger partial charge in [-0.1, -0.05) is 30.3 Å². The largest absolute Gasteiger partial charge is 0.333 e. The van der Waals surface area contributed by atoms with Crippen molar-refractivity contribution in [1.82, 2.24) is 0 Å². The Balaban J connectivity index is 2.51. The minimum absolute atomic E-state index is 0.0197. The Morgan fingerprint density at radius 1 is 1.00 bits per heavy atom. The van der Waals surface area contributed by atoms with Crippen molar-refractivity contribution in [1.29, 1.82) is 0 Å². The summed E-state index contributed by atoms with van der Waals surface area (Å²) in [7, 11) is 1.28. The molecule has 15 heavy (non-hydrogen) atoms. The Bertz CT molecular complexity index is 535. The number of benzene rings is 1. The van der Waals surface area contributed by atoms with Gasteiger partial charge in [0.2, 0.25) is 11.2 Å². The Kier molecular flexibility index (Phi) is 2.35. The van der Waals surface area contributed by atoms with Gasteiger partial charge in [0.15, 0.2) is 0 Å². The molecule has 0 saturated carbocycles. The zero-order valence-electron chi connectivity index (χ0n) is 8.02. The lowest BCUT2D eigenvalue weighted by atomic mass is 10.0. The second-order valence-corrected chi connectivity index (χ2v) is 2.98. The third kappa shape index (κ3) is 1.45. The van der Waals surface area contributed by atoms with Crippen LogP contribution in [0.4, 0.5) is 0 Å². The van der Waals surface area contributed by atoms with Crippen LogP contribution in [0.25, 0.3) is 11.1 Å². The highest BCUT2D eigenvalue weighted by atomic mass is 17.2. The SMILES string of the molecule is COOc1c(-c2ccccc2)c(=O)c1=O. The van der Waals surface area contributed by atoms with E-state index in [4.69, 9.17) is 0 Å². The molecular weight excluding hydrogens is 196 g/mol. The minimum atomic E-state index is -0.643. The Hall–Kier alpha value is -1.94. The molecule has 0 aliphatic rings. The van der Waals surface area contributed by atoms with Crippen LogP contribution in [-0.2, 0) is 4.89 Å². The average Bonchev–Trinajstić information content (AvgIpc) is 2.29. The van der Waals surface area contributed by atoms with E-state index in [1.54, 1.807) is 24.3 Å². The molecule has 4 nitrogen and oxygen atoms in total. The molecule has 0 aliphatic heterocycles. The van der Waals surface area contributed by atoms with Crippen LogP contribution in [0.2, 0.25) is 0 Å². The first kappa shape index (κ1) is 9.61. The summed E-state index contributed by atoms with van der Waals surface area (Å²) in [6.07, 6.45) is 0. The summed E-state index contributed by atoms with van der Waals surface area (Å²) < 4.78 is 0. The van der Waals surface area contributed by atoms with Crippen molar-refractivity contribution < 1.29 is 9.78 Å². The molecule has 0 aromatic heterocycles. The third-order valence-corrected chi connectivity index (χ3v) is 2.10. The van der Waals surface area contributed by atoms with Crippen LogP contribution in [0.15, 0.2) is 39.9 Å². The average molecular weight is 204 g/mol. The maximum absolute atomic E-state index is 11.3. The molecular formula is C11H8O4. The van der Waals surface area contributed by atoms with E-state index in [0.29, 0.717) is 5.56 Å². The molecule has 0 amide bonds. The summed E-state index contributed by atoms with van der Waals surface area (Å²) >= 11 is 0. The number of rotatable bonds is 3. The molecule has 2 aromatic carbocycles. The van der Waals surface area contributed by atoms with Crippen molar-refractivity contribution in [3.8, 4) is 16.9 Å². The maximum atomic E-state index is 11.3. The molecule has 0 N–H and O–H groups in total. The van der Waals surface area contributed by atoms with Gasteiger partial charge in [-0.15, -0.1) is 0 Å². The summed E-state index contributed by atoms with van der Waals surface area (Å²) in [6, 6.07) is 8.86. The summed E-state index contributed by atoms with van der Waals surface area (Å²) in [6.45, 7) is 0. The van der Waals surface area contributed by atoms with E-state index < -0.39 is 10.9 Å². The van der Waals surface area contributed by atoms with Gasteiger partial charge in [0, 0.05) is 0 Å². The molecule has 76 valence electrons. The van der Waals surface area contributed by atoms with Crippen LogP contribution >= 0.6 is 0 Å². The number of hydrogen-bond donors (Lipinski definition) is 0. The topological polar surface area (TPSA) is 52.6 Å². The first-order chi connectivity index (χ1) is 7.25. The molecule has 0 saturated heterocycles.